The van der Waals surface area contributed by atoms with Crippen LogP contribution in [0.25, 0.3) is 0 Å². The van der Waals surface area contributed by atoms with E-state index in [9.17, 15) is 84.3 Å². The van der Waals surface area contributed by atoms with Crippen LogP contribution in [0.15, 0.2) is 66.7 Å². The molecule has 8 amide bonds. The van der Waals surface area contributed by atoms with Gasteiger partial charge in [0, 0.05) is 88.7 Å². The Morgan fingerprint density at radius 1 is 0.705 bits per heavy atom. The topological polar surface area (TPSA) is 484 Å². The lowest BCUT2D eigenvalue weighted by Gasteiger charge is -2.37. The van der Waals surface area contributed by atoms with Gasteiger partial charge in [-0.2, -0.15) is 0 Å². The number of nitrogens with zero attached hydrogens (tertiary/aromatic N) is 4. The van der Waals surface area contributed by atoms with E-state index in [0.29, 0.717) is 42.6 Å². The Bertz CT molecular complexity index is 3080. The number of piperazine rings is 1. The second-order valence-corrected chi connectivity index (χ2v) is 24.4. The number of nitrogens with one attached hydrogen (secondary N) is 5. The monoisotopic (exact) mass is 1360 g/mol. The molecule has 4 aliphatic heterocycles. The van der Waals surface area contributed by atoms with Crippen LogP contribution in [0, 0.1) is 5.92 Å². The summed E-state index contributed by atoms with van der Waals surface area (Å²) in [6, 6.07) is 4.38. The summed E-state index contributed by atoms with van der Waals surface area (Å²) in [7, 11) is 1.71. The number of aromatic hydroxyl groups is 1. The highest BCUT2D eigenvalue weighted by Crippen LogP contribution is 2.34. The van der Waals surface area contributed by atoms with Gasteiger partial charge in [0.25, 0.3) is 18.2 Å². The van der Waals surface area contributed by atoms with E-state index in [1.807, 2.05) is 24.3 Å². The van der Waals surface area contributed by atoms with Crippen LogP contribution in [-0.2, 0) is 47.7 Å². The van der Waals surface area contributed by atoms with Gasteiger partial charge in [-0.25, -0.2) is 5.26 Å². The summed E-state index contributed by atoms with van der Waals surface area (Å²) in [4.78, 5) is 120. The number of aliphatic hydroxyl groups is 8. The van der Waals surface area contributed by atoms with Crippen molar-refractivity contribution in [2.45, 2.75) is 157 Å². The first-order valence-electron chi connectivity index (χ1n) is 31.1. The maximum absolute atomic E-state index is 14.7. The van der Waals surface area contributed by atoms with Crippen LogP contribution in [0.3, 0.4) is 0 Å². The molecule has 4 heterocycles. The van der Waals surface area contributed by atoms with Crippen LogP contribution >= 0.6 is 12.3 Å². The molecule has 0 aromatic heterocycles. The molecule has 0 saturated carbocycles. The van der Waals surface area contributed by atoms with Crippen molar-refractivity contribution in [2.24, 2.45) is 11.7 Å². The summed E-state index contributed by atoms with van der Waals surface area (Å²) in [6.07, 6.45) is -12.9. The van der Waals surface area contributed by atoms with Gasteiger partial charge in [-0.05, 0) is 86.0 Å². The van der Waals surface area contributed by atoms with Crippen molar-refractivity contribution in [3.8, 4) is 17.2 Å². The number of ether oxygens (including phenoxy) is 2. The van der Waals surface area contributed by atoms with Crippen molar-refractivity contribution in [3.63, 3.8) is 0 Å². The van der Waals surface area contributed by atoms with Crippen molar-refractivity contribution in [1.29, 1.82) is 0 Å². The number of hydrogen-bond acceptors (Lipinski definition) is 26. The molecule has 4 fully saturated rings. The summed E-state index contributed by atoms with van der Waals surface area (Å²) >= 11 is -0.0315. The second kappa shape index (κ2) is 35.3. The third-order valence-electron chi connectivity index (χ3n) is 17.0. The zero-order valence-electron chi connectivity index (χ0n) is 52.6. The molecule has 0 radical (unpaired) electrons. The zero-order valence-corrected chi connectivity index (χ0v) is 53.4. The number of primary amides is 1. The number of hydrogen-bond donors (Lipinski definition) is 16. The van der Waals surface area contributed by atoms with Crippen molar-refractivity contribution in [2.75, 3.05) is 69.4 Å². The van der Waals surface area contributed by atoms with Gasteiger partial charge in [0.2, 0.25) is 41.4 Å². The summed E-state index contributed by atoms with van der Waals surface area (Å²) in [5.41, 5.74) is 6.79. The fourth-order valence-electron chi connectivity index (χ4n) is 11.7. The van der Waals surface area contributed by atoms with Crippen molar-refractivity contribution in [3.05, 3.63) is 77.9 Å². The molecule has 0 aliphatic carbocycles. The van der Waals surface area contributed by atoms with Gasteiger partial charge in [0.05, 0.1) is 37.4 Å². The molecule has 33 nitrogen and oxygen atoms in total. The number of carbonyl (C=O) groups is 8. The number of rotatable bonds is 25. The quantitative estimate of drug-likeness (QED) is 0.0175. The predicted molar refractivity (Wildman–Crippen MR) is 335 cm³/mol. The van der Waals surface area contributed by atoms with Gasteiger partial charge in [0.15, 0.2) is 17.7 Å². The molecule has 0 bridgehead atoms. The number of methoxy groups -OCH3 is 1. The fraction of sp³-hybridized carbons (Fsp3) is 0.574. The third-order valence-corrected chi connectivity index (χ3v) is 17.4. The summed E-state index contributed by atoms with van der Waals surface area (Å²) in [6.45, 7) is 5.21. The molecule has 3 aromatic carbocycles. The largest absolute Gasteiger partial charge is 0.504 e. The molecule has 4 aliphatic rings. The van der Waals surface area contributed by atoms with E-state index in [1.165, 1.54) is 25.5 Å². The Balaban J connectivity index is 1.13. The summed E-state index contributed by atoms with van der Waals surface area (Å²) < 4.78 is 20.3. The lowest BCUT2D eigenvalue weighted by Crippen LogP contribution is -2.64. The summed E-state index contributed by atoms with van der Waals surface area (Å²) in [5.74, 6) is -11.8. The maximum atomic E-state index is 14.7. The molecule has 3 aromatic rings. The van der Waals surface area contributed by atoms with Gasteiger partial charge in [0.1, 0.15) is 60.3 Å². The lowest BCUT2D eigenvalue weighted by molar-refractivity contribution is -0.433. The van der Waals surface area contributed by atoms with E-state index in [0.717, 1.165) is 81.0 Å². The average molecular weight is 1360 g/mol. The minimum atomic E-state index is -2.55. The van der Waals surface area contributed by atoms with Crippen LogP contribution in [0.5, 0.6) is 17.2 Å². The first kappa shape index (κ1) is 74.7. The van der Waals surface area contributed by atoms with Gasteiger partial charge in [-0.1, -0.05) is 48.0 Å². The standard InChI is InChI=1S/C61H86N10O23S/c1-32-30-71-50(51(32)78)59(86)67-57(84)44(76)28-40(63-54(81)34-10-13-36(14-11-34)68-20-22-69(23-21-68)37-15-17-39(18-16-37)91-25-9-7-5-4-6-8-24-90-3)55(82)64-47(33(2)72)60(87)70-31-38(73)27-41(70)56(83)66-49(58(85)65-48(61(71)88)43(75)29-46(62)77)53(80)52(79)35-12-19-42(74)45(26-35)92-95-94-93-89/h10-19,26,32-33,38,40-41,43-44,47-53,57,72-76,78-80,84,89H,4-9,20-25,27-31H2,1-3H3,(H2,62,77)(H,63,81)(H,64,82)(H,65,85)(H,66,83)(H,67,86). The third kappa shape index (κ3) is 20.0. The first-order chi connectivity index (χ1) is 45.3. The molecule has 7 rings (SSSR count). The lowest BCUT2D eigenvalue weighted by atomic mass is 9.96. The maximum Gasteiger partial charge on any atom is 0.261 e. The fourth-order valence-corrected chi connectivity index (χ4v) is 12.0. The van der Waals surface area contributed by atoms with Crippen LogP contribution < -0.4 is 51.0 Å². The minimum Gasteiger partial charge on any atom is -0.504 e. The molecule has 15 atom stereocenters. The molecule has 524 valence electrons. The van der Waals surface area contributed by atoms with E-state index in [1.54, 1.807) is 19.2 Å². The number of phenols is 1. The van der Waals surface area contributed by atoms with Gasteiger partial charge in [-0.3, -0.25) is 38.4 Å². The molecule has 34 heteroatoms. The van der Waals surface area contributed by atoms with Crippen molar-refractivity contribution >= 4 is 71.0 Å². The second-order valence-electron chi connectivity index (χ2n) is 24.0. The molecule has 0 spiro atoms. The molecular weight excluding hydrogens is 1270 g/mol. The van der Waals surface area contributed by atoms with Gasteiger partial charge in [-0.15, -0.1) is 0 Å². The van der Waals surface area contributed by atoms with Crippen LogP contribution in [0.2, 0.25) is 0 Å². The molecular formula is C61H86N10O23S. The number of nitrogens with two attached hydrogens (primary N) is 1. The van der Waals surface area contributed by atoms with Gasteiger partial charge < -0.3 is 112 Å². The number of aliphatic hydroxyl groups excluding tert-OH is 8. The van der Waals surface area contributed by atoms with Crippen molar-refractivity contribution in [1.82, 2.24) is 36.4 Å². The highest BCUT2D eigenvalue weighted by Gasteiger charge is 2.51. The number of unbranched alkanes of at least 4 members (excludes halogenated alkanes) is 5. The van der Waals surface area contributed by atoms with E-state index in [2.05, 4.69) is 45.8 Å². The van der Waals surface area contributed by atoms with Gasteiger partial charge >= 0.3 is 0 Å². The highest BCUT2D eigenvalue weighted by atomic mass is 32.2. The van der Waals surface area contributed by atoms with Crippen LogP contribution in [0.1, 0.15) is 93.7 Å². The molecule has 15 unspecified atom stereocenters. The first-order valence-corrected chi connectivity index (χ1v) is 31.8. The number of anilines is 2. The van der Waals surface area contributed by atoms with E-state index < -0.39 is 182 Å². The zero-order chi connectivity index (χ0) is 69.2. The van der Waals surface area contributed by atoms with Crippen LogP contribution in [0.4, 0.5) is 11.4 Å². The van der Waals surface area contributed by atoms with Crippen LogP contribution in [-0.4, -0.2) is 247 Å². The average Bonchev–Trinajstić information content (AvgIpc) is 1.65. The Kier molecular flexibility index (Phi) is 27.8. The minimum absolute atomic E-state index is 0.00715. The number of fused-ring (bicyclic) bond motifs is 2. The number of benzene rings is 3. The number of amides is 8. The Labute approximate surface area is 551 Å². The smallest absolute Gasteiger partial charge is 0.261 e. The Morgan fingerprint density at radius 2 is 1.29 bits per heavy atom. The summed E-state index contributed by atoms with van der Waals surface area (Å²) in [5, 5.41) is 125. The molecule has 95 heavy (non-hydrogen) atoms. The predicted octanol–water partition coefficient (Wildman–Crippen LogP) is -2.92. The van der Waals surface area contributed by atoms with Crippen molar-refractivity contribution < 1.29 is 113 Å². The Morgan fingerprint density at radius 3 is 1.91 bits per heavy atom. The molecule has 17 N–H and O–H groups in total. The van der Waals surface area contributed by atoms with E-state index in [-0.39, 0.29) is 23.5 Å². The highest BCUT2D eigenvalue weighted by molar-refractivity contribution is 7.90. The molecule has 4 saturated heterocycles. The Hall–Kier alpha value is -7.71. The van der Waals surface area contributed by atoms with E-state index >= 15 is 0 Å². The normalized spacial score (nSPS) is 26.4. The SMILES string of the molecule is COCCCCCCCCOc1ccc(N2CCN(c3ccc(C(=O)NC4CC(O)C(O)NC(=O)C5C(O)C(C)CN5C(=O)C(C(O)CC(N)=O)NC(=O)C(C(O)C(O)c5ccc(O)c(OSOOO)c5)NC(=O)C5CC(O)CN5C(=O)C(C(C)O)NC4=O)cc3)CC2)cc1. The number of carbonyl (C=O) groups excluding carboxylic acids is 8. The number of phenolic OH excluding ortho intramolecular Hbond substituents is 1. The van der Waals surface area contributed by atoms with E-state index in [4.69, 9.17) is 24.6 Å².